The Morgan fingerprint density at radius 3 is 2.71 bits per heavy atom. The summed E-state index contributed by atoms with van der Waals surface area (Å²) in [4.78, 5) is 10.2. The Bertz CT molecular complexity index is 526. The number of rotatable bonds is 4. The Morgan fingerprint density at radius 1 is 1.35 bits per heavy atom. The van der Waals surface area contributed by atoms with E-state index in [1.54, 1.807) is 10.7 Å². The fourth-order valence-electron chi connectivity index (χ4n) is 1.43. The molecule has 0 spiro atoms. The molecule has 0 bridgehead atoms. The Balaban J connectivity index is 2.11. The lowest BCUT2D eigenvalue weighted by Gasteiger charge is -2.07. The number of nitrogens with zero attached hydrogens (tertiary/aromatic N) is 2. The van der Waals surface area contributed by atoms with Gasteiger partial charge in [0.2, 0.25) is 0 Å². The molecule has 0 atom stereocenters. The Hall–Kier alpha value is -2.01. The molecule has 1 heterocycles. The normalized spacial score (nSPS) is 10.2. The zero-order chi connectivity index (χ0) is 12.3. The van der Waals surface area contributed by atoms with E-state index in [9.17, 15) is 10.1 Å². The molecule has 0 aliphatic heterocycles. The molecule has 1 aromatic heterocycles. The van der Waals surface area contributed by atoms with Crippen LogP contribution in [0.1, 0.15) is 5.56 Å². The van der Waals surface area contributed by atoms with Crippen molar-refractivity contribution in [2.24, 2.45) is 0 Å². The minimum atomic E-state index is -0.485. The van der Waals surface area contributed by atoms with Gasteiger partial charge >= 0.3 is 0 Å². The number of nitrogens with one attached hydrogen (secondary N) is 1. The van der Waals surface area contributed by atoms with E-state index in [4.69, 9.17) is 11.6 Å². The first-order valence-corrected chi connectivity index (χ1v) is 5.34. The van der Waals surface area contributed by atoms with Gasteiger partial charge in [0.05, 0.1) is 11.5 Å². The van der Waals surface area contributed by atoms with E-state index in [2.05, 4.69) is 5.43 Å². The Kier molecular flexibility index (Phi) is 3.30. The van der Waals surface area contributed by atoms with E-state index < -0.39 is 4.92 Å². The van der Waals surface area contributed by atoms with Crippen LogP contribution < -0.4 is 5.43 Å². The largest absolute Gasteiger partial charge is 0.322 e. The van der Waals surface area contributed by atoms with E-state index in [-0.39, 0.29) is 10.7 Å². The highest BCUT2D eigenvalue weighted by molar-refractivity contribution is 6.32. The highest BCUT2D eigenvalue weighted by Gasteiger charge is 2.12. The van der Waals surface area contributed by atoms with Crippen molar-refractivity contribution in [3.05, 3.63) is 63.4 Å². The third-order valence-corrected chi connectivity index (χ3v) is 2.60. The van der Waals surface area contributed by atoms with E-state index in [1.807, 2.05) is 24.5 Å². The number of benzene rings is 1. The van der Waals surface area contributed by atoms with Crippen LogP contribution in [0.5, 0.6) is 0 Å². The van der Waals surface area contributed by atoms with Crippen molar-refractivity contribution in [1.29, 1.82) is 0 Å². The summed E-state index contributed by atoms with van der Waals surface area (Å²) in [6.07, 6.45) is 3.70. The van der Waals surface area contributed by atoms with Crippen LogP contribution >= 0.6 is 11.6 Å². The second kappa shape index (κ2) is 4.88. The number of hydrogen-bond acceptors (Lipinski definition) is 3. The van der Waals surface area contributed by atoms with Crippen LogP contribution in [0.25, 0.3) is 0 Å². The topological polar surface area (TPSA) is 60.1 Å². The first-order valence-electron chi connectivity index (χ1n) is 4.96. The smallest absolute Gasteiger partial charge is 0.288 e. The van der Waals surface area contributed by atoms with Crippen molar-refractivity contribution in [1.82, 2.24) is 4.68 Å². The van der Waals surface area contributed by atoms with E-state index >= 15 is 0 Å². The lowest BCUT2D eigenvalue weighted by molar-refractivity contribution is -0.384. The van der Waals surface area contributed by atoms with Crippen molar-refractivity contribution in [2.75, 3.05) is 5.43 Å². The van der Waals surface area contributed by atoms with Gasteiger partial charge in [-0.25, -0.2) is 0 Å². The molecule has 6 heteroatoms. The first-order chi connectivity index (χ1) is 8.16. The van der Waals surface area contributed by atoms with Gasteiger partial charge in [-0.15, -0.1) is 0 Å². The predicted molar refractivity (Wildman–Crippen MR) is 65.6 cm³/mol. The molecule has 88 valence electrons. The highest BCUT2D eigenvalue weighted by atomic mass is 35.5. The molecular weight excluding hydrogens is 242 g/mol. The minimum Gasteiger partial charge on any atom is -0.322 e. The highest BCUT2D eigenvalue weighted by Crippen LogP contribution is 2.24. The van der Waals surface area contributed by atoms with Gasteiger partial charge in [0.15, 0.2) is 0 Å². The first kappa shape index (κ1) is 11.5. The summed E-state index contributed by atoms with van der Waals surface area (Å²) in [5, 5.41) is 10.9. The van der Waals surface area contributed by atoms with Gasteiger partial charge in [-0.2, -0.15) is 0 Å². The Morgan fingerprint density at radius 2 is 2.06 bits per heavy atom. The number of nitro groups is 1. The molecule has 17 heavy (non-hydrogen) atoms. The van der Waals surface area contributed by atoms with E-state index in [1.165, 1.54) is 12.1 Å². The molecule has 0 saturated carbocycles. The number of hydrogen-bond donors (Lipinski definition) is 1. The zero-order valence-electron chi connectivity index (χ0n) is 8.84. The second-order valence-corrected chi connectivity index (χ2v) is 3.88. The third kappa shape index (κ3) is 2.76. The maximum absolute atomic E-state index is 10.7. The molecule has 0 aliphatic rings. The van der Waals surface area contributed by atoms with Crippen LogP contribution in [0.2, 0.25) is 5.02 Å². The molecule has 1 aromatic carbocycles. The monoisotopic (exact) mass is 251 g/mol. The van der Waals surface area contributed by atoms with Crippen molar-refractivity contribution < 1.29 is 4.92 Å². The van der Waals surface area contributed by atoms with Crippen LogP contribution in [0.3, 0.4) is 0 Å². The summed E-state index contributed by atoms with van der Waals surface area (Å²) in [6, 6.07) is 8.53. The van der Waals surface area contributed by atoms with Gasteiger partial charge < -0.3 is 5.43 Å². The van der Waals surface area contributed by atoms with Gasteiger partial charge in [-0.3, -0.25) is 14.8 Å². The average molecular weight is 252 g/mol. The summed E-state index contributed by atoms with van der Waals surface area (Å²) in [7, 11) is 0. The average Bonchev–Trinajstić information content (AvgIpc) is 2.80. The van der Waals surface area contributed by atoms with E-state index in [0.717, 1.165) is 5.56 Å². The molecule has 2 rings (SSSR count). The van der Waals surface area contributed by atoms with Crippen molar-refractivity contribution >= 4 is 17.3 Å². The van der Waals surface area contributed by atoms with Gasteiger partial charge in [-0.1, -0.05) is 17.7 Å². The molecule has 5 nitrogen and oxygen atoms in total. The lowest BCUT2D eigenvalue weighted by Crippen LogP contribution is -2.11. The fourth-order valence-corrected chi connectivity index (χ4v) is 1.62. The maximum Gasteiger partial charge on any atom is 0.288 e. The summed E-state index contributed by atoms with van der Waals surface area (Å²) >= 11 is 5.72. The SMILES string of the molecule is O=[N+]([O-])c1cc(CNn2cccc2)ccc1Cl. The molecule has 0 unspecified atom stereocenters. The fraction of sp³-hybridized carbons (Fsp3) is 0.0909. The van der Waals surface area contributed by atoms with Gasteiger partial charge in [-0.05, 0) is 23.8 Å². The van der Waals surface area contributed by atoms with Gasteiger partial charge in [0, 0.05) is 18.5 Å². The van der Waals surface area contributed by atoms with Crippen LogP contribution in [-0.2, 0) is 6.54 Å². The van der Waals surface area contributed by atoms with Gasteiger partial charge in [0.25, 0.3) is 5.69 Å². The molecule has 2 aromatic rings. The summed E-state index contributed by atoms with van der Waals surface area (Å²) in [5.74, 6) is 0. The van der Waals surface area contributed by atoms with Crippen molar-refractivity contribution in [2.45, 2.75) is 6.54 Å². The number of aromatic nitrogens is 1. The Labute approximate surface area is 103 Å². The van der Waals surface area contributed by atoms with Crippen LogP contribution in [0, 0.1) is 10.1 Å². The molecule has 1 N–H and O–H groups in total. The zero-order valence-corrected chi connectivity index (χ0v) is 9.59. The quantitative estimate of drug-likeness (QED) is 0.671. The standard InChI is InChI=1S/C11H10ClN3O2/c12-10-4-3-9(7-11(10)15(16)17)8-13-14-5-1-2-6-14/h1-7,13H,8H2. The molecule has 0 amide bonds. The maximum atomic E-state index is 10.7. The summed E-state index contributed by atoms with van der Waals surface area (Å²) < 4.78 is 1.78. The molecular formula is C11H10ClN3O2. The summed E-state index contributed by atoms with van der Waals surface area (Å²) in [5.41, 5.74) is 3.81. The van der Waals surface area contributed by atoms with Crippen LogP contribution in [-0.4, -0.2) is 9.60 Å². The van der Waals surface area contributed by atoms with Crippen molar-refractivity contribution in [3.63, 3.8) is 0 Å². The van der Waals surface area contributed by atoms with Crippen LogP contribution in [0.15, 0.2) is 42.7 Å². The summed E-state index contributed by atoms with van der Waals surface area (Å²) in [6.45, 7) is 0.493. The van der Waals surface area contributed by atoms with Gasteiger partial charge in [0.1, 0.15) is 5.02 Å². The third-order valence-electron chi connectivity index (χ3n) is 2.28. The molecule has 0 radical (unpaired) electrons. The molecule has 0 aliphatic carbocycles. The molecule has 0 fully saturated rings. The number of halogens is 1. The number of nitro benzene ring substituents is 1. The predicted octanol–water partition coefficient (Wildman–Crippen LogP) is 2.79. The van der Waals surface area contributed by atoms with E-state index in [0.29, 0.717) is 6.54 Å². The van der Waals surface area contributed by atoms with Crippen LogP contribution in [0.4, 0.5) is 5.69 Å². The lowest BCUT2D eigenvalue weighted by atomic mass is 10.2. The second-order valence-electron chi connectivity index (χ2n) is 3.47. The molecule has 0 saturated heterocycles. The van der Waals surface area contributed by atoms with Crippen molar-refractivity contribution in [3.8, 4) is 0 Å². The minimum absolute atomic E-state index is 0.0709.